The largest absolute Gasteiger partial charge is 0.431 e. The molecule has 1 aliphatic heterocycles. The number of aromatic nitrogens is 4. The number of rotatable bonds is 5. The van der Waals surface area contributed by atoms with Crippen LogP contribution in [0, 0.1) is 0 Å². The average molecular weight is 391 g/mol. The van der Waals surface area contributed by atoms with Gasteiger partial charge in [0.1, 0.15) is 11.2 Å². The fraction of sp³-hybridized carbons (Fsp3) is 0.200. The second-order valence-corrected chi connectivity index (χ2v) is 7.57. The molecule has 4 aromatic rings. The number of para-hydroxylation sites is 2. The zero-order chi connectivity index (χ0) is 18.9. The van der Waals surface area contributed by atoms with Crippen molar-refractivity contribution >= 4 is 28.8 Å². The lowest BCUT2D eigenvalue weighted by Crippen LogP contribution is -2.51. The Morgan fingerprint density at radius 3 is 2.71 bits per heavy atom. The maximum atomic E-state index is 12.4. The number of likely N-dealkylation sites (tertiary alicyclic amines) is 1. The molecule has 0 aliphatic carbocycles. The summed E-state index contributed by atoms with van der Waals surface area (Å²) in [6.45, 7) is 1.29. The summed E-state index contributed by atoms with van der Waals surface area (Å²) < 4.78 is 7.49. The summed E-state index contributed by atoms with van der Waals surface area (Å²) in [5.74, 6) is 0.388. The molecule has 0 spiro atoms. The van der Waals surface area contributed by atoms with Gasteiger partial charge in [-0.05, 0) is 12.1 Å². The van der Waals surface area contributed by atoms with Gasteiger partial charge in [-0.15, -0.1) is 5.10 Å². The molecule has 0 bridgehead atoms. The van der Waals surface area contributed by atoms with E-state index in [9.17, 15) is 4.79 Å². The Hall–Kier alpha value is -3.13. The summed E-state index contributed by atoms with van der Waals surface area (Å²) in [6, 6.07) is 17.7. The van der Waals surface area contributed by atoms with Crippen molar-refractivity contribution in [2.75, 3.05) is 18.8 Å². The van der Waals surface area contributed by atoms with Crippen LogP contribution in [0.4, 0.5) is 0 Å². The van der Waals surface area contributed by atoms with E-state index in [2.05, 4.69) is 15.3 Å². The molecule has 28 heavy (non-hydrogen) atoms. The Labute approximate surface area is 165 Å². The number of hydrogen-bond donors (Lipinski definition) is 0. The van der Waals surface area contributed by atoms with Crippen molar-refractivity contribution < 1.29 is 9.21 Å². The van der Waals surface area contributed by atoms with Gasteiger partial charge in [-0.25, -0.2) is 9.67 Å². The van der Waals surface area contributed by atoms with E-state index < -0.39 is 0 Å². The highest BCUT2D eigenvalue weighted by atomic mass is 32.2. The van der Waals surface area contributed by atoms with Gasteiger partial charge in [0.2, 0.25) is 5.91 Å². The van der Waals surface area contributed by atoms with Gasteiger partial charge >= 0.3 is 0 Å². The lowest BCUT2D eigenvalue weighted by atomic mass is 10.1. The van der Waals surface area contributed by atoms with Gasteiger partial charge in [-0.1, -0.05) is 59.4 Å². The Balaban J connectivity index is 1.15. The monoisotopic (exact) mass is 391 g/mol. The molecular formula is C20H17N5O2S. The molecule has 3 heterocycles. The summed E-state index contributed by atoms with van der Waals surface area (Å²) in [7, 11) is 0. The van der Waals surface area contributed by atoms with Crippen molar-refractivity contribution in [2.24, 2.45) is 0 Å². The van der Waals surface area contributed by atoms with Crippen LogP contribution in [0.25, 0.3) is 22.4 Å². The highest BCUT2D eigenvalue weighted by Crippen LogP contribution is 2.26. The normalized spacial score (nSPS) is 14.4. The number of oxazole rings is 1. The first-order valence-corrected chi connectivity index (χ1v) is 9.98. The van der Waals surface area contributed by atoms with Crippen molar-refractivity contribution in [3.8, 4) is 11.3 Å². The van der Waals surface area contributed by atoms with E-state index in [1.165, 1.54) is 11.8 Å². The van der Waals surface area contributed by atoms with Crippen LogP contribution in [0.1, 0.15) is 6.04 Å². The minimum absolute atomic E-state index is 0.0758. The van der Waals surface area contributed by atoms with Crippen molar-refractivity contribution in [3.05, 3.63) is 60.8 Å². The molecule has 1 aliphatic rings. The van der Waals surface area contributed by atoms with Crippen molar-refractivity contribution in [3.63, 3.8) is 0 Å². The summed E-state index contributed by atoms with van der Waals surface area (Å²) in [6.07, 6.45) is 1.94. The third kappa shape index (κ3) is 3.27. The highest BCUT2D eigenvalue weighted by molar-refractivity contribution is 7.99. The van der Waals surface area contributed by atoms with Crippen molar-refractivity contribution in [1.29, 1.82) is 0 Å². The molecule has 0 radical (unpaired) electrons. The van der Waals surface area contributed by atoms with E-state index in [0.29, 0.717) is 24.1 Å². The van der Waals surface area contributed by atoms with E-state index in [0.717, 1.165) is 22.4 Å². The van der Waals surface area contributed by atoms with Crippen molar-refractivity contribution in [2.45, 2.75) is 11.3 Å². The fourth-order valence-electron chi connectivity index (χ4n) is 3.15. The number of benzene rings is 2. The number of nitrogens with zero attached hydrogens (tertiary/aromatic N) is 5. The lowest BCUT2D eigenvalue weighted by Gasteiger charge is -2.38. The van der Waals surface area contributed by atoms with Crippen LogP contribution in [0.5, 0.6) is 0 Å². The SMILES string of the molecule is O=C(CSc1nc2ccccc2o1)N1CC(n2cc(-c3ccccc3)nn2)C1. The Bertz CT molecular complexity index is 1080. The van der Waals surface area contributed by atoms with E-state index in [4.69, 9.17) is 4.42 Å². The van der Waals surface area contributed by atoms with Crippen LogP contribution in [0.3, 0.4) is 0 Å². The third-order valence-corrected chi connectivity index (χ3v) is 5.58. The predicted molar refractivity (Wildman–Crippen MR) is 106 cm³/mol. The first-order valence-electron chi connectivity index (χ1n) is 9.00. The van der Waals surface area contributed by atoms with Crippen LogP contribution >= 0.6 is 11.8 Å². The molecule has 7 nitrogen and oxygen atoms in total. The molecule has 0 unspecified atom stereocenters. The van der Waals surface area contributed by atoms with Crippen LogP contribution in [-0.4, -0.2) is 49.6 Å². The average Bonchev–Trinajstić information content (AvgIpc) is 3.33. The summed E-state index contributed by atoms with van der Waals surface area (Å²) in [4.78, 5) is 18.6. The number of fused-ring (bicyclic) bond motifs is 1. The number of carbonyl (C=O) groups is 1. The molecule has 1 saturated heterocycles. The fourth-order valence-corrected chi connectivity index (χ4v) is 3.89. The molecule has 5 rings (SSSR count). The van der Waals surface area contributed by atoms with Crippen LogP contribution < -0.4 is 0 Å². The standard InChI is InChI=1S/C20H17N5O2S/c26-19(13-28-20-21-16-8-4-5-9-18(16)27-20)24-10-15(11-24)25-12-17(22-23-25)14-6-2-1-3-7-14/h1-9,12,15H,10-11,13H2. The smallest absolute Gasteiger partial charge is 0.257 e. The van der Waals surface area contributed by atoms with E-state index in [-0.39, 0.29) is 11.9 Å². The second-order valence-electron chi connectivity index (χ2n) is 6.64. The minimum atomic E-state index is 0.0758. The van der Waals surface area contributed by atoms with Crippen LogP contribution in [-0.2, 0) is 4.79 Å². The quantitative estimate of drug-likeness (QED) is 0.486. The maximum Gasteiger partial charge on any atom is 0.257 e. The van der Waals surface area contributed by atoms with Gasteiger partial charge in [0.25, 0.3) is 5.22 Å². The summed E-state index contributed by atoms with van der Waals surface area (Å²) in [5, 5.41) is 8.99. The zero-order valence-corrected chi connectivity index (χ0v) is 15.7. The molecule has 1 amide bonds. The van der Waals surface area contributed by atoms with Gasteiger partial charge in [0, 0.05) is 18.7 Å². The molecule has 0 atom stereocenters. The highest BCUT2D eigenvalue weighted by Gasteiger charge is 2.32. The molecule has 1 fully saturated rings. The van der Waals surface area contributed by atoms with E-state index in [1.807, 2.05) is 70.4 Å². The Morgan fingerprint density at radius 2 is 1.89 bits per heavy atom. The summed E-state index contributed by atoms with van der Waals surface area (Å²) in [5.41, 5.74) is 3.43. The molecule has 8 heteroatoms. The third-order valence-electron chi connectivity index (χ3n) is 4.76. The first kappa shape index (κ1) is 17.0. The number of thioether (sulfide) groups is 1. The second kappa shape index (κ2) is 7.12. The molecule has 140 valence electrons. The minimum Gasteiger partial charge on any atom is -0.431 e. The lowest BCUT2D eigenvalue weighted by molar-refractivity contribution is -0.134. The maximum absolute atomic E-state index is 12.4. The van der Waals surface area contributed by atoms with Gasteiger partial charge in [-0.3, -0.25) is 4.79 Å². The zero-order valence-electron chi connectivity index (χ0n) is 14.9. The van der Waals surface area contributed by atoms with Gasteiger partial charge in [0.15, 0.2) is 5.58 Å². The van der Waals surface area contributed by atoms with Gasteiger partial charge < -0.3 is 9.32 Å². The molecule has 2 aromatic heterocycles. The Morgan fingerprint density at radius 1 is 1.11 bits per heavy atom. The number of amides is 1. The Kier molecular flexibility index (Phi) is 4.32. The van der Waals surface area contributed by atoms with E-state index in [1.54, 1.807) is 0 Å². The topological polar surface area (TPSA) is 77.0 Å². The van der Waals surface area contributed by atoms with Gasteiger partial charge in [0.05, 0.1) is 18.0 Å². The first-order chi connectivity index (χ1) is 13.8. The number of hydrogen-bond acceptors (Lipinski definition) is 6. The van der Waals surface area contributed by atoms with Crippen LogP contribution in [0.15, 0.2) is 70.4 Å². The van der Waals surface area contributed by atoms with E-state index >= 15 is 0 Å². The molecule has 0 saturated carbocycles. The van der Waals surface area contributed by atoms with Crippen LogP contribution in [0.2, 0.25) is 0 Å². The van der Waals surface area contributed by atoms with Crippen molar-refractivity contribution in [1.82, 2.24) is 24.9 Å². The predicted octanol–water partition coefficient (Wildman–Crippen LogP) is 3.26. The molecular weight excluding hydrogens is 374 g/mol. The number of carbonyl (C=O) groups excluding carboxylic acids is 1. The van der Waals surface area contributed by atoms with Gasteiger partial charge in [-0.2, -0.15) is 0 Å². The molecule has 0 N–H and O–H groups in total. The molecule has 2 aromatic carbocycles. The summed E-state index contributed by atoms with van der Waals surface area (Å²) >= 11 is 1.33.